The van der Waals surface area contributed by atoms with E-state index in [9.17, 15) is 4.79 Å². The number of anilines is 1. The lowest BCUT2D eigenvalue weighted by atomic mass is 10.0. The third kappa shape index (κ3) is 3.77. The molecule has 0 radical (unpaired) electrons. The van der Waals surface area contributed by atoms with Gasteiger partial charge in [0, 0.05) is 31.6 Å². The molecule has 0 aliphatic carbocycles. The van der Waals surface area contributed by atoms with Crippen LogP contribution in [0, 0.1) is 0 Å². The molecule has 0 aromatic heterocycles. The summed E-state index contributed by atoms with van der Waals surface area (Å²) in [4.78, 5) is 13.3. The maximum atomic E-state index is 11.2. The Bertz CT molecular complexity index is 458. The second-order valence-corrected chi connectivity index (χ2v) is 5.62. The van der Waals surface area contributed by atoms with Crippen LogP contribution >= 0.6 is 12.2 Å². The van der Waals surface area contributed by atoms with Gasteiger partial charge in [0.25, 0.3) is 0 Å². The molecule has 0 bridgehead atoms. The molecule has 1 saturated heterocycles. The van der Waals surface area contributed by atoms with Gasteiger partial charge in [-0.05, 0) is 35.8 Å². The first-order chi connectivity index (χ1) is 9.06. The summed E-state index contributed by atoms with van der Waals surface area (Å²) in [6.45, 7) is 5.82. The number of piperidine rings is 1. The first kappa shape index (κ1) is 14.0. The molecule has 19 heavy (non-hydrogen) atoms. The molecule has 0 saturated carbocycles. The Kier molecular flexibility index (Phi) is 4.53. The molecule has 1 fully saturated rings. The quantitative estimate of drug-likeness (QED) is 0.841. The summed E-state index contributed by atoms with van der Waals surface area (Å²) in [6.07, 6.45) is 1.21. The van der Waals surface area contributed by atoms with Gasteiger partial charge in [0.1, 0.15) is 5.78 Å². The van der Waals surface area contributed by atoms with Crippen molar-refractivity contribution in [2.45, 2.75) is 32.6 Å². The summed E-state index contributed by atoms with van der Waals surface area (Å²) in [7, 11) is 0. The molecule has 1 aromatic carbocycles. The van der Waals surface area contributed by atoms with E-state index in [1.807, 2.05) is 0 Å². The number of carbonyl (C=O) groups is 1. The first-order valence-electron chi connectivity index (χ1n) is 6.74. The van der Waals surface area contributed by atoms with Crippen LogP contribution in [0.3, 0.4) is 0 Å². The van der Waals surface area contributed by atoms with Gasteiger partial charge in [0.05, 0.1) is 0 Å². The predicted molar refractivity (Wildman–Crippen MR) is 82.6 cm³/mol. The molecular weight excluding hydrogens is 256 g/mol. The number of ketones is 1. The molecule has 1 aliphatic rings. The molecule has 1 aliphatic heterocycles. The van der Waals surface area contributed by atoms with Crippen LogP contribution < -0.4 is 5.32 Å². The lowest BCUT2D eigenvalue weighted by molar-refractivity contribution is -0.120. The van der Waals surface area contributed by atoms with Gasteiger partial charge < -0.3 is 10.2 Å². The van der Waals surface area contributed by atoms with Crippen LogP contribution in [0.1, 0.15) is 38.2 Å². The summed E-state index contributed by atoms with van der Waals surface area (Å²) in [5, 5.41) is 3.95. The van der Waals surface area contributed by atoms with Crippen molar-refractivity contribution in [3.8, 4) is 0 Å². The first-order valence-corrected chi connectivity index (χ1v) is 7.14. The SMILES string of the molecule is CC(C)c1ccc(NC(=S)N2CCC(=O)CC2)cc1. The van der Waals surface area contributed by atoms with Crippen molar-refractivity contribution in [3.63, 3.8) is 0 Å². The predicted octanol–water partition coefficient (Wildman–Crippen LogP) is 3.17. The molecule has 0 amide bonds. The molecule has 1 aromatic rings. The Hall–Kier alpha value is -1.42. The Morgan fingerprint density at radius 2 is 1.79 bits per heavy atom. The van der Waals surface area contributed by atoms with Crippen LogP contribution in [-0.2, 0) is 4.79 Å². The number of likely N-dealkylation sites (tertiary alicyclic amines) is 1. The van der Waals surface area contributed by atoms with Gasteiger partial charge >= 0.3 is 0 Å². The number of carbonyl (C=O) groups excluding carboxylic acids is 1. The molecule has 0 atom stereocenters. The van der Waals surface area contributed by atoms with E-state index in [1.54, 1.807) is 0 Å². The molecular formula is C15H20N2OS. The fourth-order valence-corrected chi connectivity index (χ4v) is 2.41. The third-order valence-electron chi connectivity index (χ3n) is 3.44. The Morgan fingerprint density at radius 3 is 2.32 bits per heavy atom. The minimum Gasteiger partial charge on any atom is -0.348 e. The highest BCUT2D eigenvalue weighted by Crippen LogP contribution is 2.18. The van der Waals surface area contributed by atoms with E-state index >= 15 is 0 Å². The zero-order chi connectivity index (χ0) is 13.8. The molecule has 4 heteroatoms. The largest absolute Gasteiger partial charge is 0.348 e. The highest BCUT2D eigenvalue weighted by Gasteiger charge is 2.18. The number of rotatable bonds is 2. The van der Waals surface area contributed by atoms with Gasteiger partial charge in [0.15, 0.2) is 5.11 Å². The number of hydrogen-bond donors (Lipinski definition) is 1. The van der Waals surface area contributed by atoms with Crippen LogP contribution in [0.25, 0.3) is 0 Å². The summed E-state index contributed by atoms with van der Waals surface area (Å²) >= 11 is 5.38. The molecule has 1 N–H and O–H groups in total. The highest BCUT2D eigenvalue weighted by molar-refractivity contribution is 7.80. The van der Waals surface area contributed by atoms with E-state index in [2.05, 4.69) is 48.3 Å². The fraction of sp³-hybridized carbons (Fsp3) is 0.467. The number of thiocarbonyl (C=S) groups is 1. The van der Waals surface area contributed by atoms with E-state index in [-0.39, 0.29) is 0 Å². The van der Waals surface area contributed by atoms with Gasteiger partial charge in [-0.1, -0.05) is 26.0 Å². The van der Waals surface area contributed by atoms with Gasteiger partial charge in [-0.2, -0.15) is 0 Å². The van der Waals surface area contributed by atoms with Crippen LogP contribution in [0.4, 0.5) is 5.69 Å². The molecule has 0 spiro atoms. The zero-order valence-corrected chi connectivity index (χ0v) is 12.3. The van der Waals surface area contributed by atoms with E-state index in [4.69, 9.17) is 12.2 Å². The van der Waals surface area contributed by atoms with Gasteiger partial charge in [-0.25, -0.2) is 0 Å². The lowest BCUT2D eigenvalue weighted by Crippen LogP contribution is -2.40. The Morgan fingerprint density at radius 1 is 1.21 bits per heavy atom. The van der Waals surface area contributed by atoms with E-state index in [0.29, 0.717) is 29.7 Å². The minimum absolute atomic E-state index is 0.334. The maximum Gasteiger partial charge on any atom is 0.173 e. The van der Waals surface area contributed by atoms with Crippen molar-refractivity contribution in [3.05, 3.63) is 29.8 Å². The lowest BCUT2D eigenvalue weighted by Gasteiger charge is -2.28. The fourth-order valence-electron chi connectivity index (χ4n) is 2.11. The average Bonchev–Trinajstić information content (AvgIpc) is 2.40. The summed E-state index contributed by atoms with van der Waals surface area (Å²) < 4.78 is 0. The zero-order valence-electron chi connectivity index (χ0n) is 11.5. The van der Waals surface area contributed by atoms with Crippen molar-refractivity contribution < 1.29 is 4.79 Å². The van der Waals surface area contributed by atoms with Gasteiger partial charge in [-0.15, -0.1) is 0 Å². The number of nitrogens with one attached hydrogen (secondary N) is 1. The average molecular weight is 276 g/mol. The van der Waals surface area contributed by atoms with Crippen molar-refractivity contribution in [1.29, 1.82) is 0 Å². The van der Waals surface area contributed by atoms with Crippen molar-refractivity contribution in [2.24, 2.45) is 0 Å². The van der Waals surface area contributed by atoms with Crippen LogP contribution in [0.2, 0.25) is 0 Å². The molecule has 0 unspecified atom stereocenters. The van der Waals surface area contributed by atoms with Gasteiger partial charge in [0.2, 0.25) is 0 Å². The normalized spacial score (nSPS) is 15.7. The van der Waals surface area contributed by atoms with Crippen LogP contribution in [0.5, 0.6) is 0 Å². The number of hydrogen-bond acceptors (Lipinski definition) is 2. The molecule has 3 nitrogen and oxygen atoms in total. The number of nitrogens with zero attached hydrogens (tertiary/aromatic N) is 1. The standard InChI is InChI=1S/C15H20N2OS/c1-11(2)12-3-5-13(6-4-12)16-15(19)17-9-7-14(18)8-10-17/h3-6,11H,7-10H2,1-2H3,(H,16,19). The van der Waals surface area contributed by atoms with E-state index in [0.717, 1.165) is 18.8 Å². The van der Waals surface area contributed by atoms with Crippen LogP contribution in [0.15, 0.2) is 24.3 Å². The molecule has 1 heterocycles. The minimum atomic E-state index is 0.334. The van der Waals surface area contributed by atoms with Gasteiger partial charge in [-0.3, -0.25) is 4.79 Å². The smallest absolute Gasteiger partial charge is 0.173 e. The number of Topliss-reactive ketones (excluding diaryl/α,β-unsaturated/α-hetero) is 1. The summed E-state index contributed by atoms with van der Waals surface area (Å²) in [6, 6.07) is 8.35. The third-order valence-corrected chi connectivity index (χ3v) is 3.80. The second-order valence-electron chi connectivity index (χ2n) is 5.23. The summed E-state index contributed by atoms with van der Waals surface area (Å²) in [5.41, 5.74) is 2.33. The highest BCUT2D eigenvalue weighted by atomic mass is 32.1. The Labute approximate surface area is 120 Å². The summed E-state index contributed by atoms with van der Waals surface area (Å²) in [5.74, 6) is 0.870. The second kappa shape index (κ2) is 6.15. The topological polar surface area (TPSA) is 32.3 Å². The molecule has 2 rings (SSSR count). The molecule has 102 valence electrons. The van der Waals surface area contributed by atoms with Crippen molar-refractivity contribution in [1.82, 2.24) is 4.90 Å². The maximum absolute atomic E-state index is 11.2. The van der Waals surface area contributed by atoms with Crippen molar-refractivity contribution in [2.75, 3.05) is 18.4 Å². The van der Waals surface area contributed by atoms with E-state index in [1.165, 1.54) is 5.56 Å². The van der Waals surface area contributed by atoms with Crippen LogP contribution in [-0.4, -0.2) is 28.9 Å². The Balaban J connectivity index is 1.93. The monoisotopic (exact) mass is 276 g/mol. The van der Waals surface area contributed by atoms with E-state index < -0.39 is 0 Å². The van der Waals surface area contributed by atoms with Crippen molar-refractivity contribution >= 4 is 28.8 Å². The number of benzene rings is 1.